The van der Waals surface area contributed by atoms with Gasteiger partial charge in [0.25, 0.3) is 15.9 Å². The van der Waals surface area contributed by atoms with Crippen LogP contribution < -0.4 is 4.72 Å². The standard InChI is InChI=1S/C19H22N4O3S2/c1-11-16(19-22-21-18(26-19)13-6-4-7-13)17(12(2)20-11)28(24,25)23-14-8-5-9-15(10-14)27-3/h5,8-10,13,20,23H,4,6-7H2,1-3H3. The SMILES string of the molecule is CSc1cccc(NS(=O)(=O)c2c(C)[nH]c(C)c2-c2nnc(C3CCC3)o2)c1. The minimum absolute atomic E-state index is 0.142. The molecule has 0 saturated heterocycles. The number of sulfonamides is 1. The van der Waals surface area contributed by atoms with Crippen LogP contribution in [0.1, 0.15) is 42.5 Å². The van der Waals surface area contributed by atoms with E-state index in [1.807, 2.05) is 25.3 Å². The number of aromatic nitrogens is 3. The summed E-state index contributed by atoms with van der Waals surface area (Å²) < 4.78 is 34.9. The number of benzene rings is 1. The molecule has 0 amide bonds. The molecule has 4 rings (SSSR count). The number of H-pyrrole nitrogens is 1. The zero-order chi connectivity index (χ0) is 19.9. The fraction of sp³-hybridized carbons (Fsp3) is 0.368. The molecule has 0 spiro atoms. The first kappa shape index (κ1) is 19.1. The molecule has 148 valence electrons. The lowest BCUT2D eigenvalue weighted by Crippen LogP contribution is -2.14. The molecular formula is C19H22N4O3S2. The maximum absolute atomic E-state index is 13.2. The Labute approximate surface area is 168 Å². The van der Waals surface area contributed by atoms with Gasteiger partial charge in [-0.2, -0.15) is 0 Å². The molecule has 0 radical (unpaired) electrons. The molecule has 0 bridgehead atoms. The molecule has 0 atom stereocenters. The van der Waals surface area contributed by atoms with Gasteiger partial charge in [0, 0.05) is 27.9 Å². The van der Waals surface area contributed by atoms with Crippen LogP contribution in [0.3, 0.4) is 0 Å². The van der Waals surface area contributed by atoms with Crippen molar-refractivity contribution in [2.45, 2.75) is 48.8 Å². The van der Waals surface area contributed by atoms with Gasteiger partial charge < -0.3 is 9.40 Å². The third-order valence-corrected chi connectivity index (χ3v) is 7.29. The summed E-state index contributed by atoms with van der Waals surface area (Å²) in [6.45, 7) is 3.54. The Bertz CT molecular complexity index is 1110. The predicted octanol–water partition coefficient (Wildman–Crippen LogP) is 4.47. The van der Waals surface area contributed by atoms with E-state index in [0.29, 0.717) is 28.5 Å². The van der Waals surface area contributed by atoms with Gasteiger partial charge in [-0.1, -0.05) is 12.5 Å². The lowest BCUT2D eigenvalue weighted by Gasteiger charge is -2.20. The number of aryl methyl sites for hydroxylation is 2. The van der Waals surface area contributed by atoms with Crippen molar-refractivity contribution in [2.24, 2.45) is 0 Å². The smallest absolute Gasteiger partial charge is 0.264 e. The third kappa shape index (κ3) is 3.44. The molecule has 2 aromatic heterocycles. The molecule has 2 heterocycles. The van der Waals surface area contributed by atoms with Crippen molar-refractivity contribution in [1.29, 1.82) is 0 Å². The Kier molecular flexibility index (Phi) is 4.96. The minimum atomic E-state index is -3.85. The summed E-state index contributed by atoms with van der Waals surface area (Å²) >= 11 is 1.55. The normalized spacial score (nSPS) is 14.8. The number of thioether (sulfide) groups is 1. The topological polar surface area (TPSA) is 101 Å². The zero-order valence-electron chi connectivity index (χ0n) is 15.9. The number of anilines is 1. The second-order valence-corrected chi connectivity index (χ2v) is 9.49. The molecule has 1 saturated carbocycles. The number of nitrogens with one attached hydrogen (secondary N) is 2. The van der Waals surface area contributed by atoms with Crippen LogP contribution in [0.2, 0.25) is 0 Å². The van der Waals surface area contributed by atoms with Gasteiger partial charge in [-0.3, -0.25) is 4.72 Å². The first-order valence-corrected chi connectivity index (χ1v) is 11.8. The lowest BCUT2D eigenvalue weighted by atomic mass is 9.85. The molecule has 9 heteroatoms. The Hall–Kier alpha value is -2.26. The number of hydrogen-bond donors (Lipinski definition) is 2. The van der Waals surface area contributed by atoms with E-state index < -0.39 is 10.0 Å². The fourth-order valence-electron chi connectivity index (χ4n) is 3.40. The summed E-state index contributed by atoms with van der Waals surface area (Å²) in [5.74, 6) is 1.11. The Morgan fingerprint density at radius 3 is 2.68 bits per heavy atom. The third-order valence-electron chi connectivity index (χ3n) is 5.02. The Morgan fingerprint density at radius 2 is 2.00 bits per heavy atom. The van der Waals surface area contributed by atoms with Crippen LogP contribution in [-0.4, -0.2) is 29.9 Å². The van der Waals surface area contributed by atoms with Gasteiger partial charge in [-0.05, 0) is 51.1 Å². The number of rotatable bonds is 6. The minimum Gasteiger partial charge on any atom is -0.420 e. The van der Waals surface area contributed by atoms with E-state index in [2.05, 4.69) is 19.9 Å². The van der Waals surface area contributed by atoms with Gasteiger partial charge in [-0.15, -0.1) is 22.0 Å². The summed E-state index contributed by atoms with van der Waals surface area (Å²) in [5.41, 5.74) is 2.16. The van der Waals surface area contributed by atoms with Crippen molar-refractivity contribution in [1.82, 2.24) is 15.2 Å². The van der Waals surface area contributed by atoms with E-state index in [1.165, 1.54) is 0 Å². The first-order valence-electron chi connectivity index (χ1n) is 9.09. The molecule has 2 N–H and O–H groups in total. The van der Waals surface area contributed by atoms with Crippen LogP contribution in [0.15, 0.2) is 38.5 Å². The second kappa shape index (κ2) is 7.29. The monoisotopic (exact) mass is 418 g/mol. The number of hydrogen-bond acceptors (Lipinski definition) is 6. The highest BCUT2D eigenvalue weighted by Gasteiger charge is 2.31. The molecular weight excluding hydrogens is 396 g/mol. The first-order chi connectivity index (χ1) is 13.4. The summed E-state index contributed by atoms with van der Waals surface area (Å²) in [4.78, 5) is 4.22. The zero-order valence-corrected chi connectivity index (χ0v) is 17.6. The van der Waals surface area contributed by atoms with Crippen molar-refractivity contribution < 1.29 is 12.8 Å². The van der Waals surface area contributed by atoms with E-state index in [-0.39, 0.29) is 16.7 Å². The van der Waals surface area contributed by atoms with Crippen molar-refractivity contribution in [3.05, 3.63) is 41.5 Å². The molecule has 1 fully saturated rings. The van der Waals surface area contributed by atoms with Gasteiger partial charge in [0.2, 0.25) is 5.89 Å². The van der Waals surface area contributed by atoms with Crippen LogP contribution in [0.4, 0.5) is 5.69 Å². The highest BCUT2D eigenvalue weighted by Crippen LogP contribution is 2.39. The van der Waals surface area contributed by atoms with Gasteiger partial charge >= 0.3 is 0 Å². The largest absolute Gasteiger partial charge is 0.420 e. The molecule has 1 aliphatic rings. The van der Waals surface area contributed by atoms with Crippen LogP contribution in [0.25, 0.3) is 11.5 Å². The summed E-state index contributed by atoms with van der Waals surface area (Å²) in [6, 6.07) is 7.29. The van der Waals surface area contributed by atoms with E-state index in [0.717, 1.165) is 24.2 Å². The Morgan fingerprint density at radius 1 is 1.21 bits per heavy atom. The lowest BCUT2D eigenvalue weighted by molar-refractivity contribution is 0.338. The van der Waals surface area contributed by atoms with Crippen LogP contribution in [-0.2, 0) is 10.0 Å². The highest BCUT2D eigenvalue weighted by atomic mass is 32.2. The molecule has 7 nitrogen and oxygen atoms in total. The van der Waals surface area contributed by atoms with E-state index in [4.69, 9.17) is 4.42 Å². The average Bonchev–Trinajstić information content (AvgIpc) is 3.17. The van der Waals surface area contributed by atoms with E-state index in [9.17, 15) is 8.42 Å². The quantitative estimate of drug-likeness (QED) is 0.573. The van der Waals surface area contributed by atoms with Crippen molar-refractivity contribution >= 4 is 27.5 Å². The van der Waals surface area contributed by atoms with Crippen molar-refractivity contribution in [3.63, 3.8) is 0 Å². The van der Waals surface area contributed by atoms with Gasteiger partial charge in [0.15, 0.2) is 0 Å². The second-order valence-electron chi connectivity index (χ2n) is 6.99. The predicted molar refractivity (Wildman–Crippen MR) is 109 cm³/mol. The van der Waals surface area contributed by atoms with Gasteiger partial charge in [0.1, 0.15) is 4.90 Å². The van der Waals surface area contributed by atoms with Gasteiger partial charge in [0.05, 0.1) is 5.56 Å². The maximum Gasteiger partial charge on any atom is 0.264 e. The summed E-state index contributed by atoms with van der Waals surface area (Å²) in [6.07, 6.45) is 5.17. The van der Waals surface area contributed by atoms with E-state index in [1.54, 1.807) is 30.8 Å². The fourth-order valence-corrected chi connectivity index (χ4v) is 5.36. The molecule has 0 aliphatic heterocycles. The summed E-state index contributed by atoms with van der Waals surface area (Å²) in [7, 11) is -3.85. The molecule has 0 unspecified atom stereocenters. The highest BCUT2D eigenvalue weighted by molar-refractivity contribution is 7.98. The number of nitrogens with zero attached hydrogens (tertiary/aromatic N) is 2. The van der Waals surface area contributed by atoms with Crippen molar-refractivity contribution in [3.8, 4) is 11.5 Å². The van der Waals surface area contributed by atoms with Gasteiger partial charge in [-0.25, -0.2) is 8.42 Å². The number of aromatic amines is 1. The molecule has 1 aromatic carbocycles. The van der Waals surface area contributed by atoms with Crippen LogP contribution >= 0.6 is 11.8 Å². The maximum atomic E-state index is 13.2. The average molecular weight is 419 g/mol. The molecule has 1 aliphatic carbocycles. The molecule has 3 aromatic rings. The Balaban J connectivity index is 1.73. The van der Waals surface area contributed by atoms with Crippen LogP contribution in [0.5, 0.6) is 0 Å². The van der Waals surface area contributed by atoms with Crippen molar-refractivity contribution in [2.75, 3.05) is 11.0 Å². The van der Waals surface area contributed by atoms with Crippen LogP contribution in [0, 0.1) is 13.8 Å². The molecule has 28 heavy (non-hydrogen) atoms. The summed E-state index contributed by atoms with van der Waals surface area (Å²) in [5, 5.41) is 8.29. The van der Waals surface area contributed by atoms with E-state index >= 15 is 0 Å².